The van der Waals surface area contributed by atoms with Crippen LogP contribution in [0.15, 0.2) is 11.4 Å². The van der Waals surface area contributed by atoms with Gasteiger partial charge in [-0.25, -0.2) is 4.79 Å². The number of thiophene rings is 1. The molecule has 0 aliphatic carbocycles. The van der Waals surface area contributed by atoms with E-state index >= 15 is 0 Å². The quantitative estimate of drug-likeness (QED) is 0.536. The first kappa shape index (κ1) is 11.6. The van der Waals surface area contributed by atoms with Gasteiger partial charge in [-0.1, -0.05) is 0 Å². The van der Waals surface area contributed by atoms with E-state index in [1.165, 1.54) is 13.2 Å². The topological polar surface area (TPSA) is 46.5 Å². The SMILES string of the molecule is COC(=O)c1sccc1O.[K]. The summed E-state index contributed by atoms with van der Waals surface area (Å²) in [6.45, 7) is 0. The predicted molar refractivity (Wildman–Crippen MR) is 43.1 cm³/mol. The van der Waals surface area contributed by atoms with Crippen molar-refractivity contribution in [3.05, 3.63) is 16.3 Å². The van der Waals surface area contributed by atoms with E-state index < -0.39 is 5.97 Å². The number of aromatic hydroxyl groups is 1. The van der Waals surface area contributed by atoms with Gasteiger partial charge in [0, 0.05) is 51.4 Å². The minimum atomic E-state index is -0.493. The molecule has 0 aromatic carbocycles. The average molecular weight is 197 g/mol. The van der Waals surface area contributed by atoms with Gasteiger partial charge in [0.25, 0.3) is 0 Å². The predicted octanol–water partition coefficient (Wildman–Crippen LogP) is 0.859. The molecule has 0 aliphatic rings. The van der Waals surface area contributed by atoms with Gasteiger partial charge in [0.2, 0.25) is 0 Å². The van der Waals surface area contributed by atoms with Crippen molar-refractivity contribution >= 4 is 68.7 Å². The van der Waals surface area contributed by atoms with Crippen LogP contribution in [0, 0.1) is 0 Å². The van der Waals surface area contributed by atoms with E-state index in [4.69, 9.17) is 5.11 Å². The molecule has 0 atom stereocenters. The summed E-state index contributed by atoms with van der Waals surface area (Å²) < 4.78 is 4.39. The van der Waals surface area contributed by atoms with Crippen LogP contribution in [-0.2, 0) is 4.74 Å². The number of ether oxygens (including phenoxy) is 1. The Morgan fingerprint density at radius 3 is 2.73 bits per heavy atom. The zero-order chi connectivity index (χ0) is 7.56. The summed E-state index contributed by atoms with van der Waals surface area (Å²) in [6, 6.07) is 1.46. The zero-order valence-corrected chi connectivity index (χ0v) is 10.3. The van der Waals surface area contributed by atoms with E-state index in [-0.39, 0.29) is 62.0 Å². The van der Waals surface area contributed by atoms with Crippen molar-refractivity contribution in [2.45, 2.75) is 0 Å². The molecule has 0 fully saturated rings. The first-order valence-electron chi connectivity index (χ1n) is 2.60. The Bertz CT molecular complexity index is 246. The minimum Gasteiger partial charge on any atom is -0.506 e. The molecule has 1 radical (unpaired) electrons. The zero-order valence-electron chi connectivity index (χ0n) is 6.33. The van der Waals surface area contributed by atoms with E-state index in [0.29, 0.717) is 0 Å². The van der Waals surface area contributed by atoms with Gasteiger partial charge in [-0.2, -0.15) is 0 Å². The third-order valence-corrected chi connectivity index (χ3v) is 1.90. The van der Waals surface area contributed by atoms with Gasteiger partial charge in [0.15, 0.2) is 4.88 Å². The second-order valence-corrected chi connectivity index (χ2v) is 2.54. The number of carbonyl (C=O) groups excluding carboxylic acids is 1. The number of hydrogen-bond donors (Lipinski definition) is 1. The second-order valence-electron chi connectivity index (χ2n) is 1.63. The van der Waals surface area contributed by atoms with E-state index in [1.54, 1.807) is 5.38 Å². The van der Waals surface area contributed by atoms with Crippen LogP contribution in [0.5, 0.6) is 5.75 Å². The molecule has 0 unspecified atom stereocenters. The first-order valence-corrected chi connectivity index (χ1v) is 3.48. The third kappa shape index (κ3) is 2.85. The molecule has 3 nitrogen and oxygen atoms in total. The fraction of sp³-hybridized carbons (Fsp3) is 0.167. The van der Waals surface area contributed by atoms with Gasteiger partial charge >= 0.3 is 5.97 Å². The Balaban J connectivity index is 0.000001000. The molecule has 5 heteroatoms. The Kier molecular flexibility index (Phi) is 5.58. The molecule has 0 spiro atoms. The Labute approximate surface area is 111 Å². The van der Waals surface area contributed by atoms with Gasteiger partial charge in [-0.05, 0) is 11.4 Å². The summed E-state index contributed by atoms with van der Waals surface area (Å²) in [5, 5.41) is 10.6. The molecular weight excluding hydrogens is 191 g/mol. The normalized spacial score (nSPS) is 8.45. The second kappa shape index (κ2) is 5.29. The van der Waals surface area contributed by atoms with Crippen molar-refractivity contribution in [3.63, 3.8) is 0 Å². The molecule has 1 N–H and O–H groups in total. The largest absolute Gasteiger partial charge is 0.506 e. The summed E-state index contributed by atoms with van der Waals surface area (Å²) in [4.78, 5) is 11.0. The van der Waals surface area contributed by atoms with Crippen molar-refractivity contribution in [1.82, 2.24) is 0 Å². The molecule has 55 valence electrons. The molecule has 0 saturated carbocycles. The van der Waals surface area contributed by atoms with E-state index in [2.05, 4.69) is 4.74 Å². The van der Waals surface area contributed by atoms with Gasteiger partial charge < -0.3 is 9.84 Å². The molecule has 1 aromatic heterocycles. The average Bonchev–Trinajstić information content (AvgIpc) is 2.34. The number of carbonyl (C=O) groups is 1. The molecule has 0 aliphatic heterocycles. The van der Waals surface area contributed by atoms with E-state index in [0.717, 1.165) is 11.3 Å². The van der Waals surface area contributed by atoms with Crippen molar-refractivity contribution in [2.24, 2.45) is 0 Å². The van der Waals surface area contributed by atoms with Crippen LogP contribution >= 0.6 is 11.3 Å². The molecule has 0 amide bonds. The molecule has 0 saturated heterocycles. The fourth-order valence-corrected chi connectivity index (χ4v) is 1.25. The van der Waals surface area contributed by atoms with Gasteiger partial charge in [0.05, 0.1) is 7.11 Å². The van der Waals surface area contributed by atoms with Crippen molar-refractivity contribution in [2.75, 3.05) is 7.11 Å². The van der Waals surface area contributed by atoms with Crippen LogP contribution in [0.4, 0.5) is 0 Å². The molecule has 1 rings (SSSR count). The Hall–Kier alpha value is 0.606. The first-order chi connectivity index (χ1) is 4.75. The minimum absolute atomic E-state index is 0. The number of methoxy groups -OCH3 is 1. The van der Waals surface area contributed by atoms with Crippen LogP contribution in [0.1, 0.15) is 9.67 Å². The van der Waals surface area contributed by atoms with Gasteiger partial charge in [-0.3, -0.25) is 0 Å². The van der Waals surface area contributed by atoms with Crippen molar-refractivity contribution in [1.29, 1.82) is 0 Å². The van der Waals surface area contributed by atoms with Crippen LogP contribution in [0.25, 0.3) is 0 Å². The van der Waals surface area contributed by atoms with Crippen molar-refractivity contribution < 1.29 is 14.6 Å². The molecule has 11 heavy (non-hydrogen) atoms. The summed E-state index contributed by atoms with van der Waals surface area (Å²) >= 11 is 1.16. The maximum absolute atomic E-state index is 10.7. The summed E-state index contributed by atoms with van der Waals surface area (Å²) in [6.07, 6.45) is 0. The number of hydrogen-bond acceptors (Lipinski definition) is 4. The van der Waals surface area contributed by atoms with Gasteiger partial charge in [-0.15, -0.1) is 11.3 Å². The fourth-order valence-electron chi connectivity index (χ4n) is 0.548. The van der Waals surface area contributed by atoms with Crippen LogP contribution < -0.4 is 0 Å². The maximum atomic E-state index is 10.7. The molecule has 0 bridgehead atoms. The summed E-state index contributed by atoms with van der Waals surface area (Å²) in [5.74, 6) is -0.510. The Morgan fingerprint density at radius 2 is 2.36 bits per heavy atom. The monoisotopic (exact) mass is 197 g/mol. The third-order valence-electron chi connectivity index (χ3n) is 1.02. The molecular formula is C6H6KO3S. The van der Waals surface area contributed by atoms with Crippen LogP contribution in [0.3, 0.4) is 0 Å². The molecule has 1 heterocycles. The Morgan fingerprint density at radius 1 is 1.73 bits per heavy atom. The van der Waals surface area contributed by atoms with E-state index in [9.17, 15) is 4.79 Å². The van der Waals surface area contributed by atoms with Crippen LogP contribution in [0.2, 0.25) is 0 Å². The van der Waals surface area contributed by atoms with Crippen molar-refractivity contribution in [3.8, 4) is 5.75 Å². The number of rotatable bonds is 1. The standard InChI is InChI=1S/C6H6O3S.K/c1-9-6(8)5-4(7)2-3-10-5;/h2-3,7H,1H3;. The van der Waals surface area contributed by atoms with Gasteiger partial charge in [0.1, 0.15) is 5.75 Å². The van der Waals surface area contributed by atoms with E-state index in [1.807, 2.05) is 0 Å². The molecule has 1 aromatic rings. The number of esters is 1. The van der Waals surface area contributed by atoms with Crippen LogP contribution in [-0.4, -0.2) is 69.6 Å². The summed E-state index contributed by atoms with van der Waals surface area (Å²) in [5.41, 5.74) is 0. The maximum Gasteiger partial charge on any atom is 0.351 e. The summed E-state index contributed by atoms with van der Waals surface area (Å²) in [7, 11) is 1.28. The smallest absolute Gasteiger partial charge is 0.351 e.